The average Bonchev–Trinajstić information content (AvgIpc) is 1.89. The van der Waals surface area contributed by atoms with E-state index in [1.807, 2.05) is 11.0 Å². The Kier molecular flexibility index (Phi) is 23.4. The summed E-state index contributed by atoms with van der Waals surface area (Å²) in [6.07, 6.45) is 25.2. The minimum absolute atomic E-state index is 0. The van der Waals surface area contributed by atoms with Crippen LogP contribution in [0.5, 0.6) is 0 Å². The SMILES string of the molecule is C.C.Fc1cc2ncc(-c3nccc(Cl)n3)n2cc1Cl.Nc1cn[nH]c1.O=C(Nc1cn[nH]c1)[C@H]1CCCN(c2ccnc(-c3cnc4cc(F)c(Cl)cn34)n2)C1.O=C(O)[C@H]1CCCN(c2ccnc(-c3cnc4cc(F)c(Cl)cn34)n2)C1.O=C(O)[C@H]1CCCNC1. The Hall–Kier alpha value is -9.55. The monoisotopic (exact) mass is 1340 g/mol. The van der Waals surface area contributed by atoms with Crippen molar-refractivity contribution in [2.45, 2.75) is 53.4 Å². The van der Waals surface area contributed by atoms with E-state index in [0.717, 1.165) is 51.7 Å². The maximum absolute atomic E-state index is 13.7. The second-order valence-corrected chi connectivity index (χ2v) is 22.1. The number of hydrogen-bond acceptors (Lipinski definition) is 18. The molecular weight excluding hydrogens is 1280 g/mol. The summed E-state index contributed by atoms with van der Waals surface area (Å²) in [4.78, 5) is 76.7. The number of fused-ring (bicyclic) bond motifs is 3. The van der Waals surface area contributed by atoms with Crippen molar-refractivity contribution in [3.8, 4) is 34.6 Å². The molecular formula is C59H62Cl4F3N21O5. The Bertz CT molecular complexity index is 4290. The summed E-state index contributed by atoms with van der Waals surface area (Å²) < 4.78 is 45.5. The molecule has 11 aromatic heterocycles. The van der Waals surface area contributed by atoms with Gasteiger partial charge in [-0.25, -0.2) is 58.0 Å². The number of carbonyl (C=O) groups excluding carboxylic acids is 1. The number of carboxylic acid groups (broad SMARTS) is 2. The molecule has 14 rings (SSSR count). The largest absolute Gasteiger partial charge is 0.481 e. The summed E-state index contributed by atoms with van der Waals surface area (Å²) >= 11 is 23.4. The maximum Gasteiger partial charge on any atom is 0.308 e. The highest BCUT2D eigenvalue weighted by atomic mass is 35.5. The Balaban J connectivity index is 0.000000161. The summed E-state index contributed by atoms with van der Waals surface area (Å²) in [5.41, 5.74) is 9.53. The van der Waals surface area contributed by atoms with Gasteiger partial charge in [0.2, 0.25) is 5.91 Å². The van der Waals surface area contributed by atoms with Gasteiger partial charge in [0.05, 0.1) is 75.2 Å². The molecule has 3 atom stereocenters. The number of imidazole rings is 3. The number of hydrogen-bond donors (Lipinski definition) is 7. The number of nitrogen functional groups attached to an aromatic ring is 1. The van der Waals surface area contributed by atoms with Crippen molar-refractivity contribution in [2.75, 3.05) is 60.1 Å². The first-order valence-electron chi connectivity index (χ1n) is 27.8. The van der Waals surface area contributed by atoms with Gasteiger partial charge in [0.25, 0.3) is 0 Å². The molecule has 0 bridgehead atoms. The van der Waals surface area contributed by atoms with E-state index in [9.17, 15) is 32.7 Å². The van der Waals surface area contributed by atoms with E-state index in [1.165, 1.54) is 49.2 Å². The number of amides is 1. The van der Waals surface area contributed by atoms with Gasteiger partial charge in [0.15, 0.2) is 17.5 Å². The van der Waals surface area contributed by atoms with E-state index in [2.05, 4.69) is 80.8 Å². The number of pyridine rings is 3. The molecule has 3 aliphatic rings. The Morgan fingerprint density at radius 3 is 1.41 bits per heavy atom. The Morgan fingerprint density at radius 1 is 0.565 bits per heavy atom. The van der Waals surface area contributed by atoms with Gasteiger partial charge in [-0.3, -0.25) is 37.8 Å². The topological polar surface area (TPSA) is 335 Å². The van der Waals surface area contributed by atoms with Crippen LogP contribution in [0.25, 0.3) is 51.5 Å². The molecule has 33 heteroatoms. The average molecular weight is 1340 g/mol. The number of rotatable bonds is 9. The highest BCUT2D eigenvalue weighted by Crippen LogP contribution is 2.30. The van der Waals surface area contributed by atoms with Crippen molar-refractivity contribution in [3.05, 3.63) is 155 Å². The molecule has 0 radical (unpaired) electrons. The molecule has 11 aromatic rings. The molecule has 92 heavy (non-hydrogen) atoms. The lowest BCUT2D eigenvalue weighted by Crippen LogP contribution is -2.41. The van der Waals surface area contributed by atoms with Crippen LogP contribution in [0.4, 0.5) is 36.2 Å². The van der Waals surface area contributed by atoms with Crippen molar-refractivity contribution in [1.29, 1.82) is 0 Å². The van der Waals surface area contributed by atoms with Gasteiger partial charge < -0.3 is 36.4 Å². The molecule has 0 unspecified atom stereocenters. The highest BCUT2D eigenvalue weighted by molar-refractivity contribution is 6.31. The number of anilines is 4. The van der Waals surface area contributed by atoms with Crippen LogP contribution in [0.3, 0.4) is 0 Å². The number of carboxylic acids is 2. The van der Waals surface area contributed by atoms with E-state index in [-0.39, 0.29) is 47.7 Å². The first kappa shape index (κ1) is 68.4. The lowest BCUT2D eigenvalue weighted by Gasteiger charge is -2.32. The predicted molar refractivity (Wildman–Crippen MR) is 343 cm³/mol. The van der Waals surface area contributed by atoms with Crippen LogP contribution in [-0.2, 0) is 14.4 Å². The first-order valence-corrected chi connectivity index (χ1v) is 29.3. The molecule has 3 aliphatic heterocycles. The van der Waals surface area contributed by atoms with Crippen molar-refractivity contribution in [1.82, 2.24) is 83.8 Å². The van der Waals surface area contributed by atoms with Crippen LogP contribution in [-0.4, -0.2) is 146 Å². The molecule has 26 nitrogen and oxygen atoms in total. The molecule has 0 spiro atoms. The molecule has 0 aliphatic carbocycles. The second kappa shape index (κ2) is 31.5. The number of nitrogens with one attached hydrogen (secondary N) is 4. The van der Waals surface area contributed by atoms with Crippen LogP contribution in [0.15, 0.2) is 117 Å². The number of H-pyrrole nitrogens is 2. The standard InChI is InChI=1S/C20H18ClFN8O.C17H15ClFN5O2.C11H5Cl2FN4.C6H11NO2.C3H5N3.2CH4/c21-14-11-30-16(9-24-18(30)6-15(14)22)19-23-4-3-17(28-19)29-5-1-2-12(10-29)20(31)27-13-7-25-26-8-13;18-11-9-24-13(7-21-15(24)6-12(11)19)16-20-4-3-14(22-16)23-5-1-2-10(8-23)17(25)26;12-6-5-18-8(4-16-10(18)3-7(6)14)11-15-2-1-9(13)17-11;8-6(9)5-2-1-3-7-4-5;4-3-1-5-6-2-3;;/h3-4,6-9,11-12H,1-2,5,10H2,(H,25,26)(H,27,31);3-4,6-7,9-10H,1-2,5,8H2,(H,25,26);1-5H;5,7H,1-4H2,(H,8,9);1-2H,4H2,(H,5,6);2*1H4/t12-;10-;;5-;;;/m00.0.../s1. The quantitative estimate of drug-likeness (QED) is 0.0660. The fraction of sp³-hybridized carbons (Fsp3) is 0.288. The minimum Gasteiger partial charge on any atom is -0.481 e. The van der Waals surface area contributed by atoms with E-state index in [1.54, 1.807) is 74.9 Å². The predicted octanol–water partition coefficient (Wildman–Crippen LogP) is 10.6. The van der Waals surface area contributed by atoms with Crippen molar-refractivity contribution in [3.63, 3.8) is 0 Å². The smallest absolute Gasteiger partial charge is 0.308 e. The summed E-state index contributed by atoms with van der Waals surface area (Å²) in [7, 11) is 0. The van der Waals surface area contributed by atoms with Gasteiger partial charge in [-0.2, -0.15) is 10.2 Å². The van der Waals surface area contributed by atoms with Gasteiger partial charge in [0, 0.05) is 100 Å². The van der Waals surface area contributed by atoms with Crippen molar-refractivity contribution < 1.29 is 37.8 Å². The number of aromatic nitrogens is 16. The van der Waals surface area contributed by atoms with Crippen LogP contribution in [0.2, 0.25) is 20.2 Å². The van der Waals surface area contributed by atoms with E-state index in [4.69, 9.17) is 57.2 Å². The normalized spacial score (nSPS) is 16.0. The number of piperidine rings is 3. The fourth-order valence-corrected chi connectivity index (χ4v) is 10.4. The second-order valence-electron chi connectivity index (χ2n) is 20.5. The third kappa shape index (κ3) is 16.9. The van der Waals surface area contributed by atoms with Gasteiger partial charge in [0.1, 0.15) is 68.3 Å². The number of halogens is 7. The fourth-order valence-electron chi connectivity index (χ4n) is 9.85. The number of nitrogens with zero attached hydrogens (tertiary/aromatic N) is 16. The maximum atomic E-state index is 13.7. The van der Waals surface area contributed by atoms with Gasteiger partial charge in [-0.05, 0) is 63.3 Å². The summed E-state index contributed by atoms with van der Waals surface area (Å²) in [5.74, 6) is -1.17. The van der Waals surface area contributed by atoms with Gasteiger partial charge in [-0.15, -0.1) is 0 Å². The van der Waals surface area contributed by atoms with Crippen LogP contribution >= 0.6 is 46.4 Å². The number of aromatic amines is 2. The molecule has 3 saturated heterocycles. The van der Waals surface area contributed by atoms with Gasteiger partial charge in [-0.1, -0.05) is 61.3 Å². The summed E-state index contributed by atoms with van der Waals surface area (Å²) in [5, 5.41) is 36.6. The van der Waals surface area contributed by atoms with Crippen molar-refractivity contribution >= 4 is 104 Å². The minimum atomic E-state index is -0.789. The molecule has 0 aromatic carbocycles. The summed E-state index contributed by atoms with van der Waals surface area (Å²) in [6, 6.07) is 8.90. The molecule has 3 fully saturated rings. The Labute approximate surface area is 543 Å². The molecule has 14 heterocycles. The van der Waals surface area contributed by atoms with Crippen LogP contribution in [0.1, 0.15) is 53.4 Å². The molecule has 8 N–H and O–H groups in total. The van der Waals surface area contributed by atoms with Crippen LogP contribution in [0, 0.1) is 35.2 Å². The van der Waals surface area contributed by atoms with Gasteiger partial charge >= 0.3 is 11.9 Å². The molecule has 482 valence electrons. The molecule has 0 saturated carbocycles. The Morgan fingerprint density at radius 2 is 1.01 bits per heavy atom. The zero-order valence-corrected chi connectivity index (χ0v) is 50.2. The summed E-state index contributed by atoms with van der Waals surface area (Å²) in [6.45, 7) is 4.11. The number of nitrogens with two attached hydrogens (primary N) is 1. The van der Waals surface area contributed by atoms with E-state index < -0.39 is 35.3 Å². The number of carbonyl (C=O) groups is 3. The zero-order valence-electron chi connectivity index (χ0n) is 47.2. The van der Waals surface area contributed by atoms with E-state index in [0.29, 0.717) is 106 Å². The lowest BCUT2D eigenvalue weighted by atomic mass is 9.97. The highest BCUT2D eigenvalue weighted by Gasteiger charge is 2.29. The zero-order chi connectivity index (χ0) is 63.4. The first-order chi connectivity index (χ1) is 43.5. The van der Waals surface area contributed by atoms with Crippen LogP contribution < -0.4 is 26.2 Å². The lowest BCUT2D eigenvalue weighted by molar-refractivity contribution is -0.143. The third-order valence-electron chi connectivity index (χ3n) is 14.4. The number of aliphatic carboxylic acids is 2. The molecule has 1 amide bonds. The third-order valence-corrected chi connectivity index (χ3v) is 15.4. The van der Waals surface area contributed by atoms with Crippen molar-refractivity contribution in [2.24, 2.45) is 17.8 Å². The van der Waals surface area contributed by atoms with E-state index >= 15 is 0 Å².